The molecule has 4 heteroatoms. The second kappa shape index (κ2) is 11.8. The molecule has 1 aromatic carbocycles. The highest BCUT2D eigenvalue weighted by Crippen LogP contribution is 2.15. The summed E-state index contributed by atoms with van der Waals surface area (Å²) in [5.41, 5.74) is 3.44. The van der Waals surface area contributed by atoms with Gasteiger partial charge in [-0.1, -0.05) is 51.2 Å². The largest absolute Gasteiger partial charge is 0.493 e. The summed E-state index contributed by atoms with van der Waals surface area (Å²) < 4.78 is 5.50. The molecule has 1 N–H and O–H groups in total. The highest BCUT2D eigenvalue weighted by atomic mass is 16.5. The van der Waals surface area contributed by atoms with Gasteiger partial charge in [0, 0.05) is 12.0 Å². The van der Waals surface area contributed by atoms with Crippen LogP contribution in [-0.4, -0.2) is 18.7 Å². The van der Waals surface area contributed by atoms with Gasteiger partial charge in [-0.05, 0) is 25.5 Å². The van der Waals surface area contributed by atoms with Crippen molar-refractivity contribution in [3.05, 3.63) is 29.8 Å². The number of para-hydroxylation sites is 1. The van der Waals surface area contributed by atoms with Crippen LogP contribution >= 0.6 is 0 Å². The first-order valence-corrected chi connectivity index (χ1v) is 8.31. The van der Waals surface area contributed by atoms with Crippen molar-refractivity contribution in [2.24, 2.45) is 5.10 Å². The minimum Gasteiger partial charge on any atom is -0.493 e. The summed E-state index contributed by atoms with van der Waals surface area (Å²) in [6.45, 7) is 4.75. The molecular weight excluding hydrogens is 276 g/mol. The minimum absolute atomic E-state index is 0.0272. The molecule has 0 fully saturated rings. The molecule has 0 saturated carbocycles. The average molecular weight is 304 g/mol. The molecule has 0 atom stereocenters. The summed E-state index contributed by atoms with van der Waals surface area (Å²) in [5, 5.41) is 4.01. The highest BCUT2D eigenvalue weighted by molar-refractivity contribution is 5.85. The van der Waals surface area contributed by atoms with Gasteiger partial charge in [0.05, 0.1) is 12.8 Å². The lowest BCUT2D eigenvalue weighted by Crippen LogP contribution is -2.17. The summed E-state index contributed by atoms with van der Waals surface area (Å²) in [5.74, 6) is 0.750. The van der Waals surface area contributed by atoms with Crippen molar-refractivity contribution in [2.45, 2.75) is 58.8 Å². The van der Waals surface area contributed by atoms with E-state index in [9.17, 15) is 4.79 Å². The van der Waals surface area contributed by atoms with Crippen LogP contribution < -0.4 is 10.2 Å². The minimum atomic E-state index is -0.0272. The number of hydrogen-bond acceptors (Lipinski definition) is 3. The van der Waals surface area contributed by atoms with Gasteiger partial charge in [-0.2, -0.15) is 5.10 Å². The molecule has 122 valence electrons. The van der Waals surface area contributed by atoms with E-state index in [1.165, 1.54) is 25.7 Å². The average Bonchev–Trinajstić information content (AvgIpc) is 2.53. The molecule has 0 aromatic heterocycles. The van der Waals surface area contributed by atoms with E-state index in [2.05, 4.69) is 17.5 Å². The monoisotopic (exact) mass is 304 g/mol. The van der Waals surface area contributed by atoms with Crippen LogP contribution in [-0.2, 0) is 4.79 Å². The van der Waals surface area contributed by atoms with Crippen molar-refractivity contribution >= 4 is 12.1 Å². The van der Waals surface area contributed by atoms with Crippen LogP contribution in [0.25, 0.3) is 0 Å². The molecule has 0 bridgehead atoms. The summed E-state index contributed by atoms with van der Waals surface area (Å²) in [6.07, 6.45) is 9.23. The Balaban J connectivity index is 2.26. The van der Waals surface area contributed by atoms with Crippen LogP contribution in [0.15, 0.2) is 29.4 Å². The number of carbonyl (C=O) groups excluding carboxylic acids is 1. The summed E-state index contributed by atoms with van der Waals surface area (Å²) in [7, 11) is 0. The number of nitrogens with one attached hydrogen (secondary N) is 1. The van der Waals surface area contributed by atoms with E-state index >= 15 is 0 Å². The van der Waals surface area contributed by atoms with Gasteiger partial charge < -0.3 is 4.74 Å². The molecule has 0 aliphatic heterocycles. The predicted molar refractivity (Wildman–Crippen MR) is 91.3 cm³/mol. The Kier molecular flexibility index (Phi) is 9.75. The lowest BCUT2D eigenvalue weighted by Gasteiger charge is -2.05. The number of unbranched alkanes of at least 4 members (excludes halogenated alkanes) is 5. The molecule has 0 unspecified atom stereocenters. The summed E-state index contributed by atoms with van der Waals surface area (Å²) >= 11 is 0. The molecule has 0 radical (unpaired) electrons. The summed E-state index contributed by atoms with van der Waals surface area (Å²) in [4.78, 5) is 11.7. The Labute approximate surface area is 134 Å². The number of rotatable bonds is 11. The smallest absolute Gasteiger partial charge is 0.240 e. The normalized spacial score (nSPS) is 10.8. The number of amides is 1. The Morgan fingerprint density at radius 1 is 1.14 bits per heavy atom. The molecule has 4 nitrogen and oxygen atoms in total. The van der Waals surface area contributed by atoms with Gasteiger partial charge in [0.1, 0.15) is 5.75 Å². The Morgan fingerprint density at radius 3 is 2.64 bits per heavy atom. The van der Waals surface area contributed by atoms with Gasteiger partial charge >= 0.3 is 0 Å². The van der Waals surface area contributed by atoms with Crippen LogP contribution in [0, 0.1) is 0 Å². The fourth-order valence-corrected chi connectivity index (χ4v) is 2.17. The number of hydrazone groups is 1. The third-order valence-electron chi connectivity index (χ3n) is 3.37. The van der Waals surface area contributed by atoms with Crippen molar-refractivity contribution in [1.82, 2.24) is 5.43 Å². The fraction of sp³-hybridized carbons (Fsp3) is 0.556. The third kappa shape index (κ3) is 7.81. The van der Waals surface area contributed by atoms with Crippen molar-refractivity contribution < 1.29 is 9.53 Å². The molecule has 0 heterocycles. The van der Waals surface area contributed by atoms with E-state index in [0.29, 0.717) is 13.0 Å². The SMILES string of the molecule is CCCCCCCCC(=O)NN=Cc1ccccc1OCC. The van der Waals surface area contributed by atoms with E-state index in [-0.39, 0.29) is 5.91 Å². The fourth-order valence-electron chi connectivity index (χ4n) is 2.17. The van der Waals surface area contributed by atoms with E-state index in [4.69, 9.17) is 4.74 Å². The number of ether oxygens (including phenoxy) is 1. The zero-order valence-electron chi connectivity index (χ0n) is 13.8. The Bertz CT molecular complexity index is 458. The van der Waals surface area contributed by atoms with E-state index in [1.807, 2.05) is 31.2 Å². The van der Waals surface area contributed by atoms with E-state index < -0.39 is 0 Å². The van der Waals surface area contributed by atoms with E-state index in [1.54, 1.807) is 6.21 Å². The molecule has 22 heavy (non-hydrogen) atoms. The number of nitrogens with zero attached hydrogens (tertiary/aromatic N) is 1. The maximum Gasteiger partial charge on any atom is 0.240 e. The first-order chi connectivity index (χ1) is 10.8. The topological polar surface area (TPSA) is 50.7 Å². The summed E-state index contributed by atoms with van der Waals surface area (Å²) in [6, 6.07) is 7.64. The molecule has 0 aliphatic carbocycles. The molecule has 0 aliphatic rings. The quantitative estimate of drug-likeness (QED) is 0.377. The van der Waals surface area contributed by atoms with Gasteiger partial charge in [-0.15, -0.1) is 0 Å². The van der Waals surface area contributed by atoms with Crippen molar-refractivity contribution in [3.63, 3.8) is 0 Å². The maximum absolute atomic E-state index is 11.7. The number of benzene rings is 1. The molecule has 1 rings (SSSR count). The molecule has 1 aromatic rings. The van der Waals surface area contributed by atoms with Gasteiger partial charge in [0.2, 0.25) is 5.91 Å². The molecule has 0 saturated heterocycles. The van der Waals surface area contributed by atoms with Crippen LogP contribution in [0.3, 0.4) is 0 Å². The first kappa shape index (κ1) is 18.2. The third-order valence-corrected chi connectivity index (χ3v) is 3.37. The Hall–Kier alpha value is -1.84. The molecule has 0 spiro atoms. The van der Waals surface area contributed by atoms with Gasteiger partial charge in [-0.25, -0.2) is 5.43 Å². The first-order valence-electron chi connectivity index (χ1n) is 8.31. The van der Waals surface area contributed by atoms with Crippen LogP contribution in [0.1, 0.15) is 64.4 Å². The molecular formula is C18H28N2O2. The van der Waals surface area contributed by atoms with Crippen LogP contribution in [0.4, 0.5) is 0 Å². The van der Waals surface area contributed by atoms with Crippen molar-refractivity contribution in [1.29, 1.82) is 0 Å². The second-order valence-electron chi connectivity index (χ2n) is 5.28. The number of carbonyl (C=O) groups is 1. The van der Waals surface area contributed by atoms with Crippen LogP contribution in [0.5, 0.6) is 5.75 Å². The van der Waals surface area contributed by atoms with Crippen molar-refractivity contribution in [2.75, 3.05) is 6.61 Å². The Morgan fingerprint density at radius 2 is 1.86 bits per heavy atom. The van der Waals surface area contributed by atoms with Gasteiger partial charge in [0.15, 0.2) is 0 Å². The lowest BCUT2D eigenvalue weighted by atomic mass is 10.1. The molecule has 1 amide bonds. The second-order valence-corrected chi connectivity index (χ2v) is 5.28. The maximum atomic E-state index is 11.7. The zero-order valence-corrected chi connectivity index (χ0v) is 13.8. The van der Waals surface area contributed by atoms with Crippen molar-refractivity contribution in [3.8, 4) is 5.75 Å². The predicted octanol–water partition coefficient (Wildman–Crippen LogP) is 4.29. The highest BCUT2D eigenvalue weighted by Gasteiger charge is 2.01. The zero-order chi connectivity index (χ0) is 16.0. The standard InChI is InChI=1S/C18H28N2O2/c1-3-5-6-7-8-9-14-18(21)20-19-15-16-12-10-11-13-17(16)22-4-2/h10-13,15H,3-9,14H2,1-2H3,(H,20,21). The lowest BCUT2D eigenvalue weighted by molar-refractivity contribution is -0.121. The van der Waals surface area contributed by atoms with Gasteiger partial charge in [0.25, 0.3) is 0 Å². The van der Waals surface area contributed by atoms with E-state index in [0.717, 1.165) is 24.2 Å². The van der Waals surface area contributed by atoms with Crippen LogP contribution in [0.2, 0.25) is 0 Å². The van der Waals surface area contributed by atoms with Gasteiger partial charge in [-0.3, -0.25) is 4.79 Å². The number of hydrogen-bond donors (Lipinski definition) is 1.